The number of nitrogens with zero attached hydrogens (tertiary/aromatic N) is 1. The number of carbonyl (C=O) groups excluding carboxylic acids is 2. The minimum atomic E-state index is -0.846. The third-order valence-corrected chi connectivity index (χ3v) is 2.86. The van der Waals surface area contributed by atoms with Crippen LogP contribution in [0.4, 0.5) is 5.69 Å². The van der Waals surface area contributed by atoms with E-state index in [0.29, 0.717) is 10.2 Å². The van der Waals surface area contributed by atoms with Gasteiger partial charge in [-0.15, -0.1) is 0 Å². The summed E-state index contributed by atoms with van der Waals surface area (Å²) in [7, 11) is 0. The normalized spacial score (nSPS) is 9.24. The maximum absolute atomic E-state index is 11.4. The molecule has 0 spiro atoms. The second-order valence-electron chi connectivity index (χ2n) is 2.92. The Morgan fingerprint density at radius 1 is 1.29 bits per heavy atom. The molecule has 5 nitrogen and oxygen atoms in total. The molecular weight excluding hydrogens is 354 g/mol. The van der Waals surface area contributed by atoms with Crippen LogP contribution < -0.4 is 10.6 Å². The summed E-state index contributed by atoms with van der Waals surface area (Å²) < 4.78 is 1.49. The Labute approximate surface area is 114 Å². The molecule has 7 heteroatoms. The molecule has 2 N–H and O–H groups in total. The molecule has 1 rings (SSSR count). The molecule has 1 aromatic rings. The molecule has 2 amide bonds. The Morgan fingerprint density at radius 2 is 2.00 bits per heavy atom. The first-order valence-corrected chi connectivity index (χ1v) is 6.04. The van der Waals surface area contributed by atoms with Gasteiger partial charge in [-0.05, 0) is 34.1 Å². The lowest BCUT2D eigenvalue weighted by Gasteiger charge is -2.06. The summed E-state index contributed by atoms with van der Waals surface area (Å²) in [6.07, 6.45) is 0. The van der Waals surface area contributed by atoms with Gasteiger partial charge in [-0.2, -0.15) is 5.26 Å². The third-order valence-electron chi connectivity index (χ3n) is 1.71. The number of amides is 2. The van der Waals surface area contributed by atoms with Gasteiger partial charge in [0, 0.05) is 8.95 Å². The van der Waals surface area contributed by atoms with E-state index in [1.807, 2.05) is 0 Å². The van der Waals surface area contributed by atoms with Crippen LogP contribution in [0.5, 0.6) is 0 Å². The predicted molar refractivity (Wildman–Crippen MR) is 69.1 cm³/mol. The molecule has 0 aliphatic carbocycles. The highest BCUT2D eigenvalue weighted by Gasteiger charge is 2.14. The van der Waals surface area contributed by atoms with E-state index in [9.17, 15) is 9.59 Å². The first-order chi connectivity index (χ1) is 8.04. The van der Waals surface area contributed by atoms with Crippen molar-refractivity contribution >= 4 is 49.4 Å². The number of anilines is 1. The van der Waals surface area contributed by atoms with Gasteiger partial charge in [-0.3, -0.25) is 9.59 Å². The topological polar surface area (TPSA) is 82.0 Å². The highest BCUT2D eigenvalue weighted by Crippen LogP contribution is 2.25. The second-order valence-corrected chi connectivity index (χ2v) is 4.69. The van der Waals surface area contributed by atoms with Crippen LogP contribution in [-0.2, 0) is 9.59 Å². The SMILES string of the molecule is N#CCNC(=O)C(=O)Nc1ccc(Br)cc1Br. The van der Waals surface area contributed by atoms with Gasteiger partial charge in [-0.25, -0.2) is 0 Å². The van der Waals surface area contributed by atoms with Gasteiger partial charge in [0.2, 0.25) is 0 Å². The van der Waals surface area contributed by atoms with Crippen molar-refractivity contribution in [3.05, 3.63) is 27.1 Å². The van der Waals surface area contributed by atoms with Crippen molar-refractivity contribution in [2.24, 2.45) is 0 Å². The summed E-state index contributed by atoms with van der Waals surface area (Å²) >= 11 is 6.52. The molecule has 17 heavy (non-hydrogen) atoms. The number of nitriles is 1. The van der Waals surface area contributed by atoms with Crippen molar-refractivity contribution in [3.8, 4) is 6.07 Å². The van der Waals surface area contributed by atoms with Crippen LogP contribution >= 0.6 is 31.9 Å². The molecule has 88 valence electrons. The summed E-state index contributed by atoms with van der Waals surface area (Å²) in [6, 6.07) is 6.82. The van der Waals surface area contributed by atoms with Crippen LogP contribution in [0.2, 0.25) is 0 Å². The Bertz CT molecular complexity index is 497. The van der Waals surface area contributed by atoms with E-state index in [1.165, 1.54) is 0 Å². The van der Waals surface area contributed by atoms with Gasteiger partial charge >= 0.3 is 11.8 Å². The molecule has 0 aromatic heterocycles. The van der Waals surface area contributed by atoms with Crippen LogP contribution in [-0.4, -0.2) is 18.4 Å². The van der Waals surface area contributed by atoms with Crippen molar-refractivity contribution in [2.45, 2.75) is 0 Å². The zero-order chi connectivity index (χ0) is 12.8. The average molecular weight is 361 g/mol. The first kappa shape index (κ1) is 13.7. The monoisotopic (exact) mass is 359 g/mol. The van der Waals surface area contributed by atoms with Gasteiger partial charge < -0.3 is 10.6 Å². The number of nitrogens with one attached hydrogen (secondary N) is 2. The predicted octanol–water partition coefficient (Wildman–Crippen LogP) is 1.79. The van der Waals surface area contributed by atoms with E-state index < -0.39 is 11.8 Å². The van der Waals surface area contributed by atoms with E-state index in [0.717, 1.165) is 4.47 Å². The highest BCUT2D eigenvalue weighted by atomic mass is 79.9. The van der Waals surface area contributed by atoms with Crippen LogP contribution in [0.15, 0.2) is 27.1 Å². The maximum atomic E-state index is 11.4. The maximum Gasteiger partial charge on any atom is 0.313 e. The molecule has 0 saturated carbocycles. The van der Waals surface area contributed by atoms with Crippen LogP contribution in [0.1, 0.15) is 0 Å². The van der Waals surface area contributed by atoms with Gasteiger partial charge in [0.1, 0.15) is 6.54 Å². The lowest BCUT2D eigenvalue weighted by atomic mass is 10.3. The second kappa shape index (κ2) is 6.37. The van der Waals surface area contributed by atoms with Crippen molar-refractivity contribution in [2.75, 3.05) is 11.9 Å². The Morgan fingerprint density at radius 3 is 2.59 bits per heavy atom. The van der Waals surface area contributed by atoms with Crippen LogP contribution in [0.25, 0.3) is 0 Å². The fourth-order valence-electron chi connectivity index (χ4n) is 0.970. The van der Waals surface area contributed by atoms with E-state index >= 15 is 0 Å². The van der Waals surface area contributed by atoms with Crippen molar-refractivity contribution in [3.63, 3.8) is 0 Å². The van der Waals surface area contributed by atoms with Gasteiger partial charge in [0.15, 0.2) is 0 Å². The largest absolute Gasteiger partial charge is 0.335 e. The van der Waals surface area contributed by atoms with Crippen LogP contribution in [0, 0.1) is 11.3 Å². The fraction of sp³-hybridized carbons (Fsp3) is 0.100. The zero-order valence-corrected chi connectivity index (χ0v) is 11.6. The highest BCUT2D eigenvalue weighted by molar-refractivity contribution is 9.11. The smallest absolute Gasteiger partial charge is 0.313 e. The lowest BCUT2D eigenvalue weighted by Crippen LogP contribution is -2.35. The van der Waals surface area contributed by atoms with Crippen molar-refractivity contribution in [1.82, 2.24) is 5.32 Å². The minimum absolute atomic E-state index is 0.201. The summed E-state index contributed by atoms with van der Waals surface area (Å²) in [6.45, 7) is -0.201. The minimum Gasteiger partial charge on any atom is -0.335 e. The Hall–Kier alpha value is -1.39. The molecule has 0 fully saturated rings. The summed E-state index contributed by atoms with van der Waals surface area (Å²) in [4.78, 5) is 22.6. The van der Waals surface area contributed by atoms with Gasteiger partial charge in [-0.1, -0.05) is 15.9 Å². The molecule has 0 aliphatic heterocycles. The summed E-state index contributed by atoms with van der Waals surface area (Å²) in [5.41, 5.74) is 0.477. The summed E-state index contributed by atoms with van der Waals surface area (Å²) in [5, 5.41) is 12.8. The van der Waals surface area contributed by atoms with E-state index in [4.69, 9.17) is 5.26 Å². The quantitative estimate of drug-likeness (QED) is 0.623. The fourth-order valence-corrected chi connectivity index (χ4v) is 2.12. The Balaban J connectivity index is 2.68. The van der Waals surface area contributed by atoms with E-state index in [-0.39, 0.29) is 6.54 Å². The first-order valence-electron chi connectivity index (χ1n) is 4.45. The van der Waals surface area contributed by atoms with Crippen LogP contribution in [0.3, 0.4) is 0 Å². The van der Waals surface area contributed by atoms with Gasteiger partial charge in [0.25, 0.3) is 0 Å². The molecule has 0 unspecified atom stereocenters. The van der Waals surface area contributed by atoms with E-state index in [1.54, 1.807) is 24.3 Å². The molecular formula is C10H7Br2N3O2. The summed E-state index contributed by atoms with van der Waals surface area (Å²) in [5.74, 6) is -1.66. The molecule has 1 aromatic carbocycles. The average Bonchev–Trinajstić information content (AvgIpc) is 2.29. The van der Waals surface area contributed by atoms with Gasteiger partial charge in [0.05, 0.1) is 11.8 Å². The van der Waals surface area contributed by atoms with E-state index in [2.05, 4.69) is 42.5 Å². The number of benzene rings is 1. The third kappa shape index (κ3) is 4.17. The number of hydrogen-bond acceptors (Lipinski definition) is 3. The number of rotatable bonds is 2. The lowest BCUT2D eigenvalue weighted by molar-refractivity contribution is -0.136. The molecule has 0 saturated heterocycles. The standard InChI is InChI=1S/C10H7Br2N3O2/c11-6-1-2-8(7(12)5-6)15-10(17)9(16)14-4-3-13/h1-2,5H,4H2,(H,14,16)(H,15,17). The number of carbonyl (C=O) groups is 2. The Kier molecular flexibility index (Phi) is 5.12. The zero-order valence-electron chi connectivity index (χ0n) is 8.46. The molecule has 0 heterocycles. The van der Waals surface area contributed by atoms with Crippen molar-refractivity contribution < 1.29 is 9.59 Å². The molecule has 0 bridgehead atoms. The van der Waals surface area contributed by atoms with Crippen molar-refractivity contribution in [1.29, 1.82) is 5.26 Å². The molecule has 0 atom stereocenters. The number of hydrogen-bond donors (Lipinski definition) is 2. The molecule has 0 aliphatic rings. The number of halogens is 2. The molecule has 0 radical (unpaired) electrons.